The summed E-state index contributed by atoms with van der Waals surface area (Å²) in [5.41, 5.74) is 1.80. The number of carbonyl (C=O) groups is 1. The summed E-state index contributed by atoms with van der Waals surface area (Å²) in [7, 11) is -7.96. The van der Waals surface area contributed by atoms with E-state index in [0.717, 1.165) is 21.9 Å². The number of rotatable bonds is 8. The second kappa shape index (κ2) is 10.7. The van der Waals surface area contributed by atoms with Crippen LogP contribution in [0.2, 0.25) is 5.02 Å². The predicted octanol–water partition coefficient (Wildman–Crippen LogP) is 5.13. The Balaban J connectivity index is 1.38. The lowest BCUT2D eigenvalue weighted by atomic mass is 10.1. The van der Waals surface area contributed by atoms with Crippen LogP contribution in [0.4, 0.5) is 0 Å². The molecule has 0 atom stereocenters. The van der Waals surface area contributed by atoms with Gasteiger partial charge in [-0.3, -0.25) is 4.79 Å². The molecule has 0 unspecified atom stereocenters. The highest BCUT2D eigenvalue weighted by atomic mass is 35.5. The van der Waals surface area contributed by atoms with E-state index in [1.54, 1.807) is 50.2 Å². The van der Waals surface area contributed by atoms with E-state index in [0.29, 0.717) is 10.5 Å². The third-order valence-electron chi connectivity index (χ3n) is 6.45. The summed E-state index contributed by atoms with van der Waals surface area (Å²) in [5, 5.41) is 4.93. The van der Waals surface area contributed by atoms with Crippen molar-refractivity contribution in [2.45, 2.75) is 28.5 Å². The third kappa shape index (κ3) is 5.48. The van der Waals surface area contributed by atoms with Gasteiger partial charge in [-0.1, -0.05) is 48.0 Å². The number of fused-ring (bicyclic) bond motifs is 2. The monoisotopic (exact) mass is 595 g/mol. The number of halogens is 1. The molecule has 8 nitrogen and oxygen atoms in total. The molecule has 0 aliphatic carbocycles. The number of H-pyrrole nitrogens is 1. The maximum Gasteiger partial charge on any atom is 0.269 e. The van der Waals surface area contributed by atoms with Crippen molar-refractivity contribution in [3.8, 4) is 0 Å². The number of aryl methyl sites for hydroxylation is 2. The lowest BCUT2D eigenvalue weighted by Crippen LogP contribution is -2.35. The number of amides is 1. The zero-order valence-corrected chi connectivity index (χ0v) is 24.0. The lowest BCUT2D eigenvalue weighted by Gasteiger charge is -2.11. The van der Waals surface area contributed by atoms with E-state index >= 15 is 0 Å². The number of sulfonamides is 1. The molecule has 0 aliphatic heterocycles. The fourth-order valence-electron chi connectivity index (χ4n) is 4.65. The summed E-state index contributed by atoms with van der Waals surface area (Å²) in [5.74, 6) is -0.694. The number of nitrogens with one attached hydrogen (secondary N) is 3. The Morgan fingerprint density at radius 2 is 1.50 bits per heavy atom. The van der Waals surface area contributed by atoms with E-state index in [-0.39, 0.29) is 38.9 Å². The molecule has 0 bridgehead atoms. The first-order valence-electron chi connectivity index (χ1n) is 12.4. The Labute approximate surface area is 237 Å². The smallest absolute Gasteiger partial charge is 0.269 e. The van der Waals surface area contributed by atoms with Gasteiger partial charge in [0.25, 0.3) is 5.91 Å². The molecular formula is C29H26ClN3O5S2. The van der Waals surface area contributed by atoms with Gasteiger partial charge in [0.2, 0.25) is 19.9 Å². The van der Waals surface area contributed by atoms with Crippen molar-refractivity contribution in [1.82, 2.24) is 15.0 Å². The molecule has 11 heteroatoms. The Hall–Kier alpha value is -3.70. The summed E-state index contributed by atoms with van der Waals surface area (Å²) in [6, 6.07) is 21.9. The molecule has 0 aliphatic rings. The van der Waals surface area contributed by atoms with Gasteiger partial charge in [0, 0.05) is 29.0 Å². The highest BCUT2D eigenvalue weighted by Gasteiger charge is 2.30. The molecule has 0 spiro atoms. The number of sulfone groups is 1. The van der Waals surface area contributed by atoms with Crippen LogP contribution in [0.15, 0.2) is 93.5 Å². The van der Waals surface area contributed by atoms with Crippen LogP contribution in [0.1, 0.15) is 21.6 Å². The molecular weight excluding hydrogens is 570 g/mol. The number of carbonyl (C=O) groups excluding carboxylic acids is 1. The van der Waals surface area contributed by atoms with Crippen LogP contribution in [0, 0.1) is 13.8 Å². The molecule has 5 rings (SSSR count). The molecule has 5 aromatic rings. The Morgan fingerprint density at radius 3 is 2.23 bits per heavy atom. The Morgan fingerprint density at radius 1 is 0.800 bits per heavy atom. The van der Waals surface area contributed by atoms with Crippen molar-refractivity contribution >= 4 is 59.0 Å². The van der Waals surface area contributed by atoms with Crippen molar-refractivity contribution < 1.29 is 21.6 Å². The minimum Gasteiger partial charge on any atom is -0.349 e. The number of aromatic amines is 1. The summed E-state index contributed by atoms with van der Waals surface area (Å²) in [6.45, 7) is 3.41. The summed E-state index contributed by atoms with van der Waals surface area (Å²) in [6.07, 6.45) is 0. The van der Waals surface area contributed by atoms with E-state index in [1.165, 1.54) is 12.1 Å². The van der Waals surface area contributed by atoms with Crippen LogP contribution in [0.3, 0.4) is 0 Å². The van der Waals surface area contributed by atoms with Gasteiger partial charge >= 0.3 is 0 Å². The molecule has 1 aromatic heterocycles. The van der Waals surface area contributed by atoms with Gasteiger partial charge in [0.05, 0.1) is 9.79 Å². The number of hydrogen-bond acceptors (Lipinski definition) is 5. The fourth-order valence-corrected chi connectivity index (χ4v) is 7.68. The average Bonchev–Trinajstić information content (AvgIpc) is 3.30. The van der Waals surface area contributed by atoms with E-state index in [1.807, 2.05) is 30.3 Å². The Kier molecular flexibility index (Phi) is 7.45. The van der Waals surface area contributed by atoms with Crippen LogP contribution >= 0.6 is 11.6 Å². The molecule has 206 valence electrons. The van der Waals surface area contributed by atoms with Gasteiger partial charge in [0.15, 0.2) is 0 Å². The predicted molar refractivity (Wildman–Crippen MR) is 156 cm³/mol. The number of aromatic nitrogens is 1. The van der Waals surface area contributed by atoms with Gasteiger partial charge in [-0.05, 0) is 78.2 Å². The van der Waals surface area contributed by atoms with Crippen molar-refractivity contribution in [2.75, 3.05) is 13.1 Å². The van der Waals surface area contributed by atoms with Crippen LogP contribution in [-0.4, -0.2) is 40.8 Å². The summed E-state index contributed by atoms with van der Waals surface area (Å²) >= 11 is 6.18. The van der Waals surface area contributed by atoms with E-state index in [9.17, 15) is 21.6 Å². The molecule has 0 saturated carbocycles. The molecule has 0 fully saturated rings. The van der Waals surface area contributed by atoms with Crippen molar-refractivity contribution in [2.24, 2.45) is 0 Å². The van der Waals surface area contributed by atoms with Crippen molar-refractivity contribution in [3.05, 3.63) is 101 Å². The molecule has 40 heavy (non-hydrogen) atoms. The van der Waals surface area contributed by atoms with Crippen LogP contribution < -0.4 is 10.0 Å². The number of hydrogen-bond donors (Lipinski definition) is 3. The first-order valence-corrected chi connectivity index (χ1v) is 15.7. The maximum absolute atomic E-state index is 13.8. The van der Waals surface area contributed by atoms with Crippen LogP contribution in [0.5, 0.6) is 0 Å². The number of benzene rings is 4. The normalized spacial score (nSPS) is 12.2. The van der Waals surface area contributed by atoms with E-state index in [2.05, 4.69) is 15.0 Å². The second-order valence-corrected chi connectivity index (χ2v) is 13.6. The van der Waals surface area contributed by atoms with Gasteiger partial charge in [-0.25, -0.2) is 21.6 Å². The summed E-state index contributed by atoms with van der Waals surface area (Å²) in [4.78, 5) is 16.1. The minimum atomic E-state index is -4.13. The highest BCUT2D eigenvalue weighted by molar-refractivity contribution is 7.91. The first-order chi connectivity index (χ1) is 19.0. The Bertz CT molecular complexity index is 1980. The van der Waals surface area contributed by atoms with Gasteiger partial charge in [-0.2, -0.15) is 0 Å². The SMILES string of the molecule is Cc1cc(C)cc(S(=O)(=O)c2c(C(=O)NCCNS(=O)(=O)c3ccc4ccccc4c3)[nH]c3ccc(Cl)cc23)c1. The van der Waals surface area contributed by atoms with Crippen molar-refractivity contribution in [3.63, 3.8) is 0 Å². The zero-order chi connectivity index (χ0) is 28.7. The van der Waals surface area contributed by atoms with E-state index in [4.69, 9.17) is 11.6 Å². The topological polar surface area (TPSA) is 125 Å². The molecule has 0 saturated heterocycles. The third-order valence-corrected chi connectivity index (χ3v) is 9.96. The molecule has 1 amide bonds. The molecule has 0 radical (unpaired) electrons. The molecule has 1 heterocycles. The van der Waals surface area contributed by atoms with Crippen LogP contribution in [0.25, 0.3) is 21.7 Å². The van der Waals surface area contributed by atoms with Crippen molar-refractivity contribution in [1.29, 1.82) is 0 Å². The van der Waals surface area contributed by atoms with Gasteiger partial charge < -0.3 is 10.3 Å². The second-order valence-electron chi connectivity index (χ2n) is 9.51. The lowest BCUT2D eigenvalue weighted by molar-refractivity contribution is 0.0947. The standard InChI is InChI=1S/C29H26ClN3O5S2/c1-18-13-19(2)15-24(14-18)39(35,36)28-25-17-22(30)8-10-26(25)33-27(28)29(34)31-11-12-32-40(37,38)23-9-7-20-5-3-4-6-21(20)16-23/h3-10,13-17,32-33H,11-12H2,1-2H3,(H,31,34). The fraction of sp³-hybridized carbons (Fsp3) is 0.138. The largest absolute Gasteiger partial charge is 0.349 e. The quantitative estimate of drug-likeness (QED) is 0.214. The van der Waals surface area contributed by atoms with E-state index < -0.39 is 25.8 Å². The minimum absolute atomic E-state index is 0.0584. The highest BCUT2D eigenvalue weighted by Crippen LogP contribution is 2.34. The average molecular weight is 596 g/mol. The maximum atomic E-state index is 13.8. The first kappa shape index (κ1) is 27.9. The summed E-state index contributed by atoms with van der Waals surface area (Å²) < 4.78 is 55.8. The van der Waals surface area contributed by atoms with Gasteiger partial charge in [-0.15, -0.1) is 0 Å². The van der Waals surface area contributed by atoms with Gasteiger partial charge in [0.1, 0.15) is 10.6 Å². The zero-order valence-electron chi connectivity index (χ0n) is 21.7. The molecule has 3 N–H and O–H groups in total. The molecule has 4 aromatic carbocycles. The van der Waals surface area contributed by atoms with Crippen LogP contribution in [-0.2, 0) is 19.9 Å².